The summed E-state index contributed by atoms with van der Waals surface area (Å²) in [6.45, 7) is 2.39. The fourth-order valence-corrected chi connectivity index (χ4v) is 9.42. The number of hydrogen-bond donors (Lipinski definition) is 2. The summed E-state index contributed by atoms with van der Waals surface area (Å²) >= 11 is 0. The number of aryl methyl sites for hydroxylation is 1. The molecule has 2 heterocycles. The molecule has 0 bridgehead atoms. The van der Waals surface area contributed by atoms with E-state index in [0.29, 0.717) is 24.5 Å². The molecule has 1 aromatic heterocycles. The van der Waals surface area contributed by atoms with Crippen molar-refractivity contribution < 1.29 is 18.1 Å². The highest BCUT2D eigenvalue weighted by Crippen LogP contribution is 2.42. The number of nitrogens with zero attached hydrogens (tertiary/aromatic N) is 3. The Labute approximate surface area is 279 Å². The van der Waals surface area contributed by atoms with E-state index < -0.39 is 27.7 Å². The quantitative estimate of drug-likeness (QED) is 0.181. The average Bonchev–Trinajstić information content (AvgIpc) is 3.89. The van der Waals surface area contributed by atoms with Crippen LogP contribution in [0.3, 0.4) is 0 Å². The van der Waals surface area contributed by atoms with E-state index in [2.05, 4.69) is 25.6 Å². The van der Waals surface area contributed by atoms with Crippen LogP contribution in [0, 0.1) is 0 Å². The molecule has 0 spiro atoms. The van der Waals surface area contributed by atoms with Gasteiger partial charge in [0.1, 0.15) is 22.7 Å². The maximum absolute atomic E-state index is 15.8. The molecule has 0 saturated heterocycles. The Morgan fingerprint density at radius 1 is 0.917 bits per heavy atom. The number of benzene rings is 4. The van der Waals surface area contributed by atoms with E-state index in [9.17, 15) is 9.18 Å². The highest BCUT2D eigenvalue weighted by atomic mass is 32.2. The predicted molar refractivity (Wildman–Crippen MR) is 183 cm³/mol. The number of alkyl halides is 1. The summed E-state index contributed by atoms with van der Waals surface area (Å²) in [4.78, 5) is 14.4. The van der Waals surface area contributed by atoms with Crippen LogP contribution in [-0.4, -0.2) is 32.3 Å². The summed E-state index contributed by atoms with van der Waals surface area (Å²) in [6, 6.07) is 30.5. The highest BCUT2D eigenvalue weighted by molar-refractivity contribution is 7.92. The molecule has 2 N–H and O–H groups in total. The zero-order chi connectivity index (χ0) is 32.9. The molecule has 8 rings (SSSR count). The fourth-order valence-electron chi connectivity index (χ4n) is 7.54. The first-order chi connectivity index (χ1) is 23.3. The van der Waals surface area contributed by atoms with Crippen molar-refractivity contribution in [3.63, 3.8) is 0 Å². The third-order valence-corrected chi connectivity index (χ3v) is 11.5. The van der Waals surface area contributed by atoms with Crippen molar-refractivity contribution in [3.8, 4) is 5.88 Å². The molecular weight excluding hydrogens is 626 g/mol. The first-order valence-electron chi connectivity index (χ1n) is 16.4. The summed E-state index contributed by atoms with van der Waals surface area (Å²) in [5, 5.41) is 7.50. The van der Waals surface area contributed by atoms with E-state index in [4.69, 9.17) is 4.74 Å². The zero-order valence-corrected chi connectivity index (χ0v) is 27.4. The van der Waals surface area contributed by atoms with Gasteiger partial charge in [0.2, 0.25) is 5.88 Å². The molecular formula is C38H36FN5O3S. The topological polar surface area (TPSA) is 97.6 Å². The van der Waals surface area contributed by atoms with Gasteiger partial charge in [0.25, 0.3) is 0 Å². The lowest BCUT2D eigenvalue weighted by atomic mass is 9.78. The van der Waals surface area contributed by atoms with Crippen molar-refractivity contribution in [1.29, 1.82) is 0 Å². The number of urea groups is 1. The van der Waals surface area contributed by atoms with Crippen LogP contribution >= 0.6 is 0 Å². The summed E-state index contributed by atoms with van der Waals surface area (Å²) in [7, 11) is -3.85. The van der Waals surface area contributed by atoms with E-state index in [-0.39, 0.29) is 17.4 Å². The van der Waals surface area contributed by atoms with Gasteiger partial charge in [-0.1, -0.05) is 97.1 Å². The van der Waals surface area contributed by atoms with Gasteiger partial charge in [0.05, 0.1) is 12.7 Å². The van der Waals surface area contributed by atoms with Gasteiger partial charge in [-0.3, -0.25) is 0 Å². The summed E-state index contributed by atoms with van der Waals surface area (Å²) in [5.41, 5.74) is 5.67. The summed E-state index contributed by atoms with van der Waals surface area (Å²) in [6.07, 6.45) is 3.45. The van der Waals surface area contributed by atoms with Crippen molar-refractivity contribution in [2.24, 2.45) is 4.36 Å². The highest BCUT2D eigenvalue weighted by Gasteiger charge is 2.42. The second kappa shape index (κ2) is 12.0. The Bertz CT molecular complexity index is 2030. The van der Waals surface area contributed by atoms with Gasteiger partial charge in [0.15, 0.2) is 9.92 Å². The lowest BCUT2D eigenvalue weighted by Crippen LogP contribution is -2.48. The van der Waals surface area contributed by atoms with Gasteiger partial charge in [-0.25, -0.2) is 22.8 Å². The van der Waals surface area contributed by atoms with Crippen molar-refractivity contribution in [3.05, 3.63) is 142 Å². The van der Waals surface area contributed by atoms with Crippen LogP contribution in [0.5, 0.6) is 5.88 Å². The molecule has 1 aliphatic heterocycles. The lowest BCUT2D eigenvalue weighted by molar-refractivity contribution is 0.248. The Morgan fingerprint density at radius 3 is 2.17 bits per heavy atom. The number of anilines is 1. The Morgan fingerprint density at radius 2 is 1.54 bits per heavy atom. The lowest BCUT2D eigenvalue weighted by Gasteiger charge is -2.37. The molecule has 10 heteroatoms. The number of nitrogens with one attached hydrogen (secondary N) is 2. The Kier molecular flexibility index (Phi) is 7.64. The first kappa shape index (κ1) is 30.5. The number of carbonyl (C=O) groups excluding carboxylic acids is 1. The van der Waals surface area contributed by atoms with Gasteiger partial charge < -0.3 is 10.1 Å². The van der Waals surface area contributed by atoms with Gasteiger partial charge >= 0.3 is 6.03 Å². The summed E-state index contributed by atoms with van der Waals surface area (Å²) < 4.78 is 46.3. The molecule has 3 atom stereocenters. The fraction of sp³-hybridized carbons (Fsp3) is 0.263. The molecule has 3 aliphatic rings. The molecule has 0 radical (unpaired) electrons. The minimum atomic E-state index is -3.85. The number of carbonyl (C=O) groups is 1. The first-order valence-corrected chi connectivity index (χ1v) is 17.9. The van der Waals surface area contributed by atoms with E-state index in [1.807, 2.05) is 97.9 Å². The molecule has 244 valence electrons. The molecule has 1 unspecified atom stereocenters. The molecule has 2 amide bonds. The van der Waals surface area contributed by atoms with Crippen LogP contribution in [-0.2, 0) is 47.7 Å². The smallest absolute Gasteiger partial charge is 0.354 e. The Balaban J connectivity index is 1.33. The monoisotopic (exact) mass is 661 g/mol. The number of hydrogen-bond acceptors (Lipinski definition) is 4. The van der Waals surface area contributed by atoms with E-state index >= 15 is 4.21 Å². The van der Waals surface area contributed by atoms with Crippen molar-refractivity contribution in [1.82, 2.24) is 14.5 Å². The third kappa shape index (κ3) is 5.20. The number of amides is 2. The van der Waals surface area contributed by atoms with Crippen LogP contribution in [0.25, 0.3) is 0 Å². The van der Waals surface area contributed by atoms with Crippen molar-refractivity contribution in [2.45, 2.75) is 68.3 Å². The predicted octanol–water partition coefficient (Wildman–Crippen LogP) is 7.15. The second-order valence-electron chi connectivity index (χ2n) is 12.8. The molecule has 4 aromatic carbocycles. The number of halogens is 1. The number of fused-ring (bicyclic) bond motifs is 3. The van der Waals surface area contributed by atoms with Crippen molar-refractivity contribution >= 4 is 21.6 Å². The van der Waals surface area contributed by atoms with Crippen LogP contribution in [0.4, 0.5) is 14.9 Å². The minimum absolute atomic E-state index is 0.182. The van der Waals surface area contributed by atoms with Crippen LogP contribution in [0.15, 0.2) is 113 Å². The maximum Gasteiger partial charge on any atom is 0.354 e. The molecule has 0 saturated carbocycles. The second-order valence-corrected chi connectivity index (χ2v) is 14.7. The van der Waals surface area contributed by atoms with Crippen LogP contribution in [0.1, 0.15) is 52.3 Å². The van der Waals surface area contributed by atoms with Gasteiger partial charge in [-0.05, 0) is 65.1 Å². The third-order valence-electron chi connectivity index (χ3n) is 9.62. The number of aromatic nitrogens is 2. The van der Waals surface area contributed by atoms with E-state index in [1.165, 1.54) is 6.20 Å². The SMILES string of the molecule is C[C@@H]1Cn2ncc(S(=O)(=NC(=O)Nc3c4c(cc5c3C[C@H](F)C5)CCC4)NC(c3ccccc3)(c3ccccc3)c3ccccc3)c2O1. The molecule has 0 fully saturated rings. The normalized spacial score (nSPS) is 19.1. The Hall–Kier alpha value is -4.80. The van der Waals surface area contributed by atoms with Gasteiger partial charge in [-0.15, -0.1) is 4.36 Å². The molecule has 8 nitrogen and oxygen atoms in total. The van der Waals surface area contributed by atoms with E-state index in [0.717, 1.165) is 58.2 Å². The van der Waals surface area contributed by atoms with Gasteiger partial charge in [0, 0.05) is 18.5 Å². The standard InChI is InChI=1S/C38H36FN5O3S/c1-25-24-44-36(47-25)34(23-40-44)48(46,42-37(45)41-35-32-19-11-12-26(32)20-27-21-31(39)22-33(27)35)43-38(28-13-5-2-6-14-28,29-15-7-3-8-16-29)30-17-9-4-10-18-30/h2-10,13-18,20,23,25,31H,11-12,19,21-22,24H2,1H3,(H2,41,42,43,45,46)/t25-,31-,48?/m1/s1. The van der Waals surface area contributed by atoms with E-state index in [1.54, 1.807) is 4.68 Å². The molecule has 48 heavy (non-hydrogen) atoms. The molecule has 2 aliphatic carbocycles. The number of rotatable bonds is 7. The van der Waals surface area contributed by atoms with Crippen molar-refractivity contribution in [2.75, 3.05) is 5.32 Å². The largest absolute Gasteiger partial charge is 0.472 e. The van der Waals surface area contributed by atoms with Crippen LogP contribution in [0.2, 0.25) is 0 Å². The summed E-state index contributed by atoms with van der Waals surface area (Å²) in [5.74, 6) is 0.307. The van der Waals surface area contributed by atoms with Crippen LogP contribution < -0.4 is 14.8 Å². The van der Waals surface area contributed by atoms with Gasteiger partial charge in [-0.2, -0.15) is 5.10 Å². The zero-order valence-electron chi connectivity index (χ0n) is 26.6. The minimum Gasteiger partial charge on any atom is -0.472 e. The average molecular weight is 662 g/mol. The molecule has 5 aromatic rings. The number of ether oxygens (including phenoxy) is 1. The maximum atomic E-state index is 15.8.